The van der Waals surface area contributed by atoms with Gasteiger partial charge in [0.05, 0.1) is 5.92 Å². The number of hydrogen-bond donors (Lipinski definition) is 0. The number of piperidine rings is 1. The summed E-state index contributed by atoms with van der Waals surface area (Å²) in [5, 5.41) is 0. The molecule has 4 heteroatoms. The maximum absolute atomic E-state index is 13.4. The highest BCUT2D eigenvalue weighted by Crippen LogP contribution is 2.43. The van der Waals surface area contributed by atoms with E-state index in [0.29, 0.717) is 5.75 Å². The molecular weight excluding hydrogens is 426 g/mol. The molecule has 1 aliphatic heterocycles. The molecule has 2 aromatic rings. The Morgan fingerprint density at radius 1 is 1.07 bits per heavy atom. The molecule has 4 atom stereocenters. The number of carbonyl (C=O) groups is 1. The summed E-state index contributed by atoms with van der Waals surface area (Å²) < 4.78 is 7.00. The number of halogens is 1. The van der Waals surface area contributed by atoms with Crippen molar-refractivity contribution in [1.29, 1.82) is 0 Å². The number of rotatable bonds is 3. The highest BCUT2D eigenvalue weighted by molar-refractivity contribution is 9.10. The zero-order valence-electron chi connectivity index (χ0n) is 17.0. The van der Waals surface area contributed by atoms with Crippen LogP contribution in [0.1, 0.15) is 29.2 Å². The van der Waals surface area contributed by atoms with E-state index in [9.17, 15) is 4.79 Å². The first-order valence-corrected chi connectivity index (χ1v) is 10.9. The van der Waals surface area contributed by atoms with Gasteiger partial charge in [-0.05, 0) is 56.1 Å². The van der Waals surface area contributed by atoms with Crippen LogP contribution in [0.5, 0.6) is 5.75 Å². The van der Waals surface area contributed by atoms with Crippen molar-refractivity contribution in [2.24, 2.45) is 11.8 Å². The van der Waals surface area contributed by atoms with Gasteiger partial charge in [-0.1, -0.05) is 70.6 Å². The number of carbonyl (C=O) groups excluding carboxylic acids is 1. The third-order valence-electron chi connectivity index (χ3n) is 6.17. The van der Waals surface area contributed by atoms with Gasteiger partial charge in [-0.25, -0.2) is 0 Å². The van der Waals surface area contributed by atoms with E-state index in [2.05, 4.69) is 70.4 Å². The fraction of sp³-hybridized carbons (Fsp3) is 0.320. The second kappa shape index (κ2) is 8.29. The second-order valence-electron chi connectivity index (χ2n) is 8.06. The minimum atomic E-state index is -0.190. The Hall–Kier alpha value is -2.17. The molecule has 4 unspecified atom stereocenters. The lowest BCUT2D eigenvalue weighted by molar-refractivity contribution is -0.144. The quantitative estimate of drug-likeness (QED) is 0.437. The molecule has 4 rings (SSSR count). The first-order chi connectivity index (χ1) is 14.0. The van der Waals surface area contributed by atoms with Gasteiger partial charge >= 0.3 is 5.97 Å². The lowest BCUT2D eigenvalue weighted by Crippen LogP contribution is -2.50. The van der Waals surface area contributed by atoms with Crippen molar-refractivity contribution < 1.29 is 9.53 Å². The molecule has 1 fully saturated rings. The molecule has 0 spiro atoms. The van der Waals surface area contributed by atoms with Crippen molar-refractivity contribution in [2.45, 2.75) is 32.4 Å². The van der Waals surface area contributed by atoms with Crippen molar-refractivity contribution in [1.82, 2.24) is 4.90 Å². The molecule has 0 bridgehead atoms. The standard InChI is InChI=1S/C25H26BrNO2/c1-16-13-19(26)14-17(2)24(16)29-25(28)21-15-23(18-9-5-4-6-10-18)27(3)22-12-8-7-11-20(21)22/h4-14,20-23H,15H2,1-3H3. The number of allylic oxidation sites excluding steroid dienone is 2. The van der Waals surface area contributed by atoms with Gasteiger partial charge in [0, 0.05) is 22.5 Å². The smallest absolute Gasteiger partial charge is 0.315 e. The number of esters is 1. The number of ether oxygens (including phenoxy) is 1. The summed E-state index contributed by atoms with van der Waals surface area (Å²) in [6.07, 6.45) is 9.24. The third kappa shape index (κ3) is 3.96. The van der Waals surface area contributed by atoms with Gasteiger partial charge in [0.15, 0.2) is 0 Å². The van der Waals surface area contributed by atoms with Crippen LogP contribution in [0.25, 0.3) is 0 Å². The predicted octanol–water partition coefficient (Wildman–Crippen LogP) is 5.78. The number of benzene rings is 2. The van der Waals surface area contributed by atoms with E-state index in [0.717, 1.165) is 22.0 Å². The minimum Gasteiger partial charge on any atom is -0.426 e. The molecule has 1 heterocycles. The van der Waals surface area contributed by atoms with Crippen LogP contribution in [0.4, 0.5) is 0 Å². The molecule has 0 amide bonds. The van der Waals surface area contributed by atoms with Crippen molar-refractivity contribution >= 4 is 21.9 Å². The fourth-order valence-electron chi connectivity index (χ4n) is 4.70. The maximum Gasteiger partial charge on any atom is 0.315 e. The molecule has 2 aliphatic rings. The Bertz CT molecular complexity index is 943. The topological polar surface area (TPSA) is 29.5 Å². The lowest BCUT2D eigenvalue weighted by atomic mass is 9.73. The van der Waals surface area contributed by atoms with Crippen LogP contribution in [-0.4, -0.2) is 24.0 Å². The molecule has 0 saturated carbocycles. The van der Waals surface area contributed by atoms with Crippen LogP contribution in [0.2, 0.25) is 0 Å². The van der Waals surface area contributed by atoms with Crippen molar-refractivity contribution in [2.75, 3.05) is 7.05 Å². The third-order valence-corrected chi connectivity index (χ3v) is 6.62. The van der Waals surface area contributed by atoms with Gasteiger partial charge in [0.25, 0.3) is 0 Å². The first-order valence-electron chi connectivity index (χ1n) is 10.1. The first kappa shape index (κ1) is 20.1. The van der Waals surface area contributed by atoms with Crippen molar-refractivity contribution in [3.05, 3.63) is 87.9 Å². The van der Waals surface area contributed by atoms with E-state index in [1.165, 1.54) is 5.56 Å². The van der Waals surface area contributed by atoms with E-state index in [1.54, 1.807) is 0 Å². The number of likely N-dealkylation sites (tertiary alicyclic amines) is 1. The van der Waals surface area contributed by atoms with Gasteiger partial charge in [-0.2, -0.15) is 0 Å². The summed E-state index contributed by atoms with van der Waals surface area (Å²) in [5.74, 6) is 0.473. The molecule has 2 aromatic carbocycles. The second-order valence-corrected chi connectivity index (χ2v) is 8.98. The van der Waals surface area contributed by atoms with E-state index < -0.39 is 0 Å². The van der Waals surface area contributed by atoms with Crippen LogP contribution in [0.3, 0.4) is 0 Å². The van der Waals surface area contributed by atoms with Crippen molar-refractivity contribution in [3.63, 3.8) is 0 Å². The molecule has 1 aliphatic carbocycles. The largest absolute Gasteiger partial charge is 0.426 e. The summed E-state index contributed by atoms with van der Waals surface area (Å²) in [7, 11) is 2.16. The predicted molar refractivity (Wildman–Crippen MR) is 120 cm³/mol. The van der Waals surface area contributed by atoms with Crippen LogP contribution >= 0.6 is 15.9 Å². The van der Waals surface area contributed by atoms with Crippen LogP contribution in [0.15, 0.2) is 71.2 Å². The summed E-state index contributed by atoms with van der Waals surface area (Å²) >= 11 is 3.51. The monoisotopic (exact) mass is 451 g/mol. The van der Waals surface area contributed by atoms with Crippen molar-refractivity contribution in [3.8, 4) is 5.75 Å². The summed E-state index contributed by atoms with van der Waals surface area (Å²) in [6, 6.07) is 14.8. The zero-order valence-corrected chi connectivity index (χ0v) is 18.6. The van der Waals surface area contributed by atoms with E-state index in [1.807, 2.05) is 38.1 Å². The Morgan fingerprint density at radius 3 is 2.41 bits per heavy atom. The molecule has 29 heavy (non-hydrogen) atoms. The van der Waals surface area contributed by atoms with Gasteiger partial charge < -0.3 is 4.74 Å². The van der Waals surface area contributed by atoms with Crippen LogP contribution < -0.4 is 4.74 Å². The van der Waals surface area contributed by atoms with Gasteiger partial charge in [0.2, 0.25) is 0 Å². The van der Waals surface area contributed by atoms with E-state index in [4.69, 9.17) is 4.74 Å². The molecule has 0 N–H and O–H groups in total. The SMILES string of the molecule is Cc1cc(Br)cc(C)c1OC(=O)C1CC(c2ccccc2)N(C)C2C=CC=CC12. The number of fused-ring (bicyclic) bond motifs is 1. The molecule has 0 radical (unpaired) electrons. The van der Waals surface area contributed by atoms with E-state index in [-0.39, 0.29) is 29.9 Å². The summed E-state index contributed by atoms with van der Waals surface area (Å²) in [5.41, 5.74) is 3.17. The Balaban J connectivity index is 1.65. The molecule has 0 aromatic heterocycles. The van der Waals surface area contributed by atoms with Gasteiger partial charge in [0.1, 0.15) is 5.75 Å². The highest BCUT2D eigenvalue weighted by atomic mass is 79.9. The van der Waals surface area contributed by atoms with Crippen LogP contribution in [-0.2, 0) is 4.79 Å². The molecule has 3 nitrogen and oxygen atoms in total. The average molecular weight is 452 g/mol. The summed E-state index contributed by atoms with van der Waals surface area (Å²) in [6.45, 7) is 3.96. The number of likely N-dealkylation sites (N-methyl/N-ethyl adjacent to an activating group) is 1. The highest BCUT2D eigenvalue weighted by Gasteiger charge is 2.44. The van der Waals surface area contributed by atoms with Crippen LogP contribution in [0, 0.1) is 25.7 Å². The number of aryl methyl sites for hydroxylation is 2. The van der Waals surface area contributed by atoms with E-state index >= 15 is 0 Å². The number of hydrogen-bond acceptors (Lipinski definition) is 3. The summed E-state index contributed by atoms with van der Waals surface area (Å²) in [4.78, 5) is 15.8. The normalized spacial score (nSPS) is 26.2. The number of nitrogens with zero attached hydrogens (tertiary/aromatic N) is 1. The Kier molecular flexibility index (Phi) is 5.75. The van der Waals surface area contributed by atoms with Gasteiger partial charge in [-0.3, -0.25) is 9.69 Å². The molecular formula is C25H26BrNO2. The fourth-order valence-corrected chi connectivity index (χ4v) is 5.38. The Labute approximate surface area is 181 Å². The maximum atomic E-state index is 13.4. The molecule has 1 saturated heterocycles. The molecule has 150 valence electrons. The zero-order chi connectivity index (χ0) is 20.5. The Morgan fingerprint density at radius 2 is 1.72 bits per heavy atom. The lowest BCUT2D eigenvalue weighted by Gasteiger charge is -2.46. The minimum absolute atomic E-state index is 0.119. The average Bonchev–Trinajstić information content (AvgIpc) is 2.71. The van der Waals surface area contributed by atoms with Gasteiger partial charge in [-0.15, -0.1) is 0 Å².